The number of carbonyl (C=O) groups is 2. The fourth-order valence-electron chi connectivity index (χ4n) is 3.79. The number of aromatic nitrogens is 1. The Labute approximate surface area is 156 Å². The lowest BCUT2D eigenvalue weighted by atomic mass is 10.0. The molecule has 2 fully saturated rings. The molecule has 4 rings (SSSR count). The monoisotopic (exact) mass is 368 g/mol. The molecule has 2 N–H and O–H groups in total. The molecular formula is C20H21FN4O2. The number of carbonyl (C=O) groups excluding carboxylic acids is 2. The second kappa shape index (κ2) is 6.98. The molecule has 27 heavy (non-hydrogen) atoms. The summed E-state index contributed by atoms with van der Waals surface area (Å²) < 4.78 is 13.0. The topological polar surface area (TPSA) is 74.3 Å². The van der Waals surface area contributed by atoms with Gasteiger partial charge in [-0.3, -0.25) is 9.78 Å². The minimum atomic E-state index is -0.341. The number of urea groups is 1. The van der Waals surface area contributed by atoms with Gasteiger partial charge < -0.3 is 15.5 Å². The third-order valence-electron chi connectivity index (χ3n) is 5.46. The van der Waals surface area contributed by atoms with Crippen molar-refractivity contribution in [2.45, 2.75) is 19.4 Å². The van der Waals surface area contributed by atoms with E-state index in [1.807, 2.05) is 12.1 Å². The summed E-state index contributed by atoms with van der Waals surface area (Å²) in [5, 5.41) is 5.75. The summed E-state index contributed by atoms with van der Waals surface area (Å²) in [6.07, 6.45) is 5.08. The maximum absolute atomic E-state index is 13.0. The summed E-state index contributed by atoms with van der Waals surface area (Å²) in [5.41, 5.74) is 1.43. The molecule has 3 amide bonds. The largest absolute Gasteiger partial charge is 0.352 e. The number of nitrogens with one attached hydrogen (secondary N) is 2. The van der Waals surface area contributed by atoms with Crippen LogP contribution in [0.4, 0.5) is 14.9 Å². The molecule has 2 aliphatic rings. The second-order valence-corrected chi connectivity index (χ2v) is 7.31. The van der Waals surface area contributed by atoms with Crippen LogP contribution < -0.4 is 10.6 Å². The molecular weight excluding hydrogens is 347 g/mol. The van der Waals surface area contributed by atoms with Crippen molar-refractivity contribution in [3.63, 3.8) is 0 Å². The highest BCUT2D eigenvalue weighted by Gasteiger charge is 2.61. The Morgan fingerprint density at radius 1 is 1.26 bits per heavy atom. The van der Waals surface area contributed by atoms with E-state index in [1.165, 1.54) is 24.3 Å². The number of halogens is 1. The molecule has 1 aliphatic heterocycles. The number of hydrogen-bond acceptors (Lipinski definition) is 3. The highest BCUT2D eigenvalue weighted by molar-refractivity contribution is 5.90. The van der Waals surface area contributed by atoms with Crippen molar-refractivity contribution >= 4 is 17.6 Å². The number of rotatable bonds is 4. The highest BCUT2D eigenvalue weighted by atomic mass is 19.1. The van der Waals surface area contributed by atoms with Crippen LogP contribution in [0.15, 0.2) is 48.8 Å². The van der Waals surface area contributed by atoms with Crippen molar-refractivity contribution in [3.8, 4) is 0 Å². The molecule has 1 aromatic carbocycles. The van der Waals surface area contributed by atoms with Gasteiger partial charge in [0.25, 0.3) is 0 Å². The van der Waals surface area contributed by atoms with Gasteiger partial charge in [-0.25, -0.2) is 9.18 Å². The molecule has 0 bridgehead atoms. The summed E-state index contributed by atoms with van der Waals surface area (Å²) in [4.78, 5) is 30.6. The molecule has 0 unspecified atom stereocenters. The summed E-state index contributed by atoms with van der Waals surface area (Å²) in [6.45, 7) is 1.67. The number of amides is 3. The van der Waals surface area contributed by atoms with E-state index in [4.69, 9.17) is 0 Å². The van der Waals surface area contributed by atoms with Gasteiger partial charge in [0, 0.05) is 49.0 Å². The zero-order valence-electron chi connectivity index (χ0n) is 14.8. The Balaban J connectivity index is 1.28. The Morgan fingerprint density at radius 3 is 2.81 bits per heavy atom. The molecule has 2 aromatic rings. The number of pyridine rings is 1. The van der Waals surface area contributed by atoms with Gasteiger partial charge in [-0.1, -0.05) is 6.07 Å². The summed E-state index contributed by atoms with van der Waals surface area (Å²) in [7, 11) is 0. The summed E-state index contributed by atoms with van der Waals surface area (Å²) >= 11 is 0. The predicted octanol–water partition coefficient (Wildman–Crippen LogP) is 2.78. The van der Waals surface area contributed by atoms with Crippen LogP contribution in [-0.4, -0.2) is 34.9 Å². The normalized spacial score (nSPS) is 23.3. The molecule has 7 heteroatoms. The van der Waals surface area contributed by atoms with Crippen LogP contribution in [0.2, 0.25) is 0 Å². The molecule has 1 saturated carbocycles. The fourth-order valence-corrected chi connectivity index (χ4v) is 3.79. The van der Waals surface area contributed by atoms with E-state index in [1.54, 1.807) is 17.3 Å². The van der Waals surface area contributed by atoms with Crippen LogP contribution >= 0.6 is 0 Å². The first-order valence-electron chi connectivity index (χ1n) is 9.04. The number of anilines is 1. The van der Waals surface area contributed by atoms with Gasteiger partial charge in [-0.05, 0) is 48.7 Å². The second-order valence-electron chi connectivity index (χ2n) is 7.31. The Kier molecular flexibility index (Phi) is 4.51. The molecule has 1 aromatic heterocycles. The Hall–Kier alpha value is -2.96. The first kappa shape index (κ1) is 17.5. The standard InChI is InChI=1S/C20H21FN4O2/c21-15-3-5-16(6-4-15)24-19(27)25-9-7-20(13-25)10-17(20)18(26)23-12-14-2-1-8-22-11-14/h1-6,8,11,17H,7,9-10,12-13H2,(H,23,26)(H,24,27)/t17-,20-/m0/s1. The van der Waals surface area contributed by atoms with Gasteiger partial charge >= 0.3 is 6.03 Å². The van der Waals surface area contributed by atoms with Crippen molar-refractivity contribution in [2.24, 2.45) is 11.3 Å². The number of likely N-dealkylation sites (tertiary alicyclic amines) is 1. The van der Waals surface area contributed by atoms with Crippen LogP contribution in [0.25, 0.3) is 0 Å². The SMILES string of the molecule is O=C(NCc1cccnc1)[C@@H]1C[C@]12CCN(C(=O)Nc1ccc(F)cc1)C2. The average Bonchev–Trinajstić information content (AvgIpc) is 3.22. The van der Waals surface area contributed by atoms with Gasteiger partial charge in [-0.2, -0.15) is 0 Å². The molecule has 0 radical (unpaired) electrons. The van der Waals surface area contributed by atoms with Crippen molar-refractivity contribution in [2.75, 3.05) is 18.4 Å². The maximum atomic E-state index is 13.0. The highest BCUT2D eigenvalue weighted by Crippen LogP contribution is 2.58. The van der Waals surface area contributed by atoms with Crippen LogP contribution in [-0.2, 0) is 11.3 Å². The first-order valence-corrected chi connectivity index (χ1v) is 9.04. The van der Waals surface area contributed by atoms with Crippen LogP contribution in [0, 0.1) is 17.2 Å². The third-order valence-corrected chi connectivity index (χ3v) is 5.46. The minimum Gasteiger partial charge on any atom is -0.352 e. The van der Waals surface area contributed by atoms with E-state index in [0.29, 0.717) is 25.3 Å². The third kappa shape index (κ3) is 3.77. The smallest absolute Gasteiger partial charge is 0.321 e. The van der Waals surface area contributed by atoms with Gasteiger partial charge in [0.1, 0.15) is 5.82 Å². The van der Waals surface area contributed by atoms with Crippen LogP contribution in [0.3, 0.4) is 0 Å². The van der Waals surface area contributed by atoms with Gasteiger partial charge in [0.2, 0.25) is 5.91 Å². The quantitative estimate of drug-likeness (QED) is 0.871. The molecule has 1 aliphatic carbocycles. The van der Waals surface area contributed by atoms with Crippen molar-refractivity contribution in [1.82, 2.24) is 15.2 Å². The lowest BCUT2D eigenvalue weighted by Gasteiger charge is -2.17. The molecule has 1 spiro atoms. The van der Waals surface area contributed by atoms with Crippen molar-refractivity contribution in [1.29, 1.82) is 0 Å². The Morgan fingerprint density at radius 2 is 2.07 bits per heavy atom. The predicted molar refractivity (Wildman–Crippen MR) is 98.2 cm³/mol. The molecule has 6 nitrogen and oxygen atoms in total. The average molecular weight is 368 g/mol. The lowest BCUT2D eigenvalue weighted by Crippen LogP contribution is -2.34. The van der Waals surface area contributed by atoms with Gasteiger partial charge in [-0.15, -0.1) is 0 Å². The van der Waals surface area contributed by atoms with E-state index < -0.39 is 0 Å². The number of benzene rings is 1. The summed E-state index contributed by atoms with van der Waals surface area (Å²) in [6, 6.07) is 9.24. The fraction of sp³-hybridized carbons (Fsp3) is 0.350. The zero-order valence-corrected chi connectivity index (χ0v) is 14.8. The van der Waals surface area contributed by atoms with Gasteiger partial charge in [0.05, 0.1) is 0 Å². The number of nitrogens with zero attached hydrogens (tertiary/aromatic N) is 2. The Bertz CT molecular complexity index is 843. The maximum Gasteiger partial charge on any atom is 0.321 e. The summed E-state index contributed by atoms with van der Waals surface area (Å²) in [5.74, 6) is -0.344. The first-order chi connectivity index (χ1) is 13.1. The lowest BCUT2D eigenvalue weighted by molar-refractivity contribution is -0.123. The van der Waals surface area contributed by atoms with E-state index in [2.05, 4.69) is 15.6 Å². The zero-order chi connectivity index (χ0) is 18.9. The van der Waals surface area contributed by atoms with Crippen molar-refractivity contribution in [3.05, 3.63) is 60.2 Å². The van der Waals surface area contributed by atoms with Crippen molar-refractivity contribution < 1.29 is 14.0 Å². The van der Waals surface area contributed by atoms with Crippen LogP contribution in [0.5, 0.6) is 0 Å². The van der Waals surface area contributed by atoms with Gasteiger partial charge in [0.15, 0.2) is 0 Å². The molecule has 2 atom stereocenters. The van der Waals surface area contributed by atoms with E-state index in [0.717, 1.165) is 18.4 Å². The van der Waals surface area contributed by atoms with Crippen LogP contribution in [0.1, 0.15) is 18.4 Å². The van der Waals surface area contributed by atoms with E-state index in [-0.39, 0.29) is 29.1 Å². The number of hydrogen-bond donors (Lipinski definition) is 2. The minimum absolute atomic E-state index is 0.0413. The molecule has 2 heterocycles. The van der Waals surface area contributed by atoms with E-state index >= 15 is 0 Å². The molecule has 1 saturated heterocycles. The van der Waals surface area contributed by atoms with E-state index in [9.17, 15) is 14.0 Å². The molecule has 140 valence electrons.